The van der Waals surface area contributed by atoms with Gasteiger partial charge in [-0.3, -0.25) is 4.79 Å². The molecule has 0 aliphatic rings. The minimum Gasteiger partial charge on any atom is -0.461 e. The Bertz CT molecular complexity index is 764. The zero-order valence-electron chi connectivity index (χ0n) is 12.5. The van der Waals surface area contributed by atoms with Gasteiger partial charge in [0.25, 0.3) is 0 Å². The van der Waals surface area contributed by atoms with Crippen molar-refractivity contribution in [2.75, 3.05) is 6.26 Å². The van der Waals surface area contributed by atoms with Crippen LogP contribution in [-0.2, 0) is 22.6 Å². The molecule has 118 valence electrons. The first-order chi connectivity index (χ1) is 11.2. The predicted molar refractivity (Wildman–Crippen MR) is 97.2 cm³/mol. The maximum atomic E-state index is 11.9. The van der Waals surface area contributed by atoms with Crippen molar-refractivity contribution in [3.63, 3.8) is 0 Å². The Labute approximate surface area is 147 Å². The molecule has 3 nitrogen and oxygen atoms in total. The first kappa shape index (κ1) is 16.2. The van der Waals surface area contributed by atoms with Crippen LogP contribution >= 0.6 is 34.4 Å². The summed E-state index contributed by atoms with van der Waals surface area (Å²) in [6.07, 6.45) is 2.25. The number of thioether (sulfide) groups is 1. The summed E-state index contributed by atoms with van der Waals surface area (Å²) in [6.45, 7) is 0.301. The Hall–Kier alpha value is -1.63. The molecule has 2 heterocycles. The van der Waals surface area contributed by atoms with Crippen molar-refractivity contribution in [1.82, 2.24) is 4.98 Å². The fraction of sp³-hybridized carbons (Fsp3) is 0.176. The van der Waals surface area contributed by atoms with Crippen LogP contribution in [0.1, 0.15) is 11.3 Å². The molecule has 3 rings (SSSR count). The Balaban J connectivity index is 1.53. The number of ether oxygens (including phenoxy) is 1. The van der Waals surface area contributed by atoms with Crippen LogP contribution in [-0.4, -0.2) is 17.2 Å². The standard InChI is InChI=1S/C17H15NO2S3/c1-21-15-4-2-12(3-5-15)9-20-16(19)8-14-11-23-17(18-14)13-6-7-22-10-13/h2-7,10-11H,8-9H2,1H3. The van der Waals surface area contributed by atoms with Gasteiger partial charge in [0, 0.05) is 21.2 Å². The number of benzene rings is 1. The van der Waals surface area contributed by atoms with E-state index in [2.05, 4.69) is 10.4 Å². The fourth-order valence-corrected chi connectivity index (χ4v) is 3.93. The van der Waals surface area contributed by atoms with E-state index < -0.39 is 0 Å². The number of aromatic nitrogens is 1. The molecule has 0 spiro atoms. The van der Waals surface area contributed by atoms with E-state index in [0.717, 1.165) is 21.8 Å². The molecule has 0 N–H and O–H groups in total. The number of thiazole rings is 1. The second-order valence-electron chi connectivity index (χ2n) is 4.84. The van der Waals surface area contributed by atoms with Gasteiger partial charge in [-0.05, 0) is 35.4 Å². The van der Waals surface area contributed by atoms with E-state index in [1.165, 1.54) is 4.90 Å². The Morgan fingerprint density at radius 3 is 2.74 bits per heavy atom. The third-order valence-electron chi connectivity index (χ3n) is 3.20. The van der Waals surface area contributed by atoms with Crippen molar-refractivity contribution in [3.8, 4) is 10.6 Å². The molecule has 0 unspecified atom stereocenters. The number of hydrogen-bond acceptors (Lipinski definition) is 6. The number of carbonyl (C=O) groups excluding carboxylic acids is 1. The van der Waals surface area contributed by atoms with Crippen LogP contribution in [0.25, 0.3) is 10.6 Å². The molecule has 2 aromatic heterocycles. The predicted octanol–water partition coefficient (Wildman–Crippen LogP) is 4.88. The van der Waals surface area contributed by atoms with Crippen LogP contribution in [0.15, 0.2) is 51.4 Å². The number of rotatable bonds is 6. The SMILES string of the molecule is CSc1ccc(COC(=O)Cc2csc(-c3ccsc3)n2)cc1. The molecule has 1 aromatic carbocycles. The van der Waals surface area contributed by atoms with Gasteiger partial charge in [0.2, 0.25) is 0 Å². The smallest absolute Gasteiger partial charge is 0.312 e. The molecular formula is C17H15NO2S3. The van der Waals surface area contributed by atoms with Gasteiger partial charge in [-0.15, -0.1) is 23.1 Å². The summed E-state index contributed by atoms with van der Waals surface area (Å²) in [7, 11) is 0. The quantitative estimate of drug-likeness (QED) is 0.463. The lowest BCUT2D eigenvalue weighted by atomic mass is 10.2. The number of hydrogen-bond donors (Lipinski definition) is 0. The minimum atomic E-state index is -0.249. The molecular weight excluding hydrogens is 346 g/mol. The molecule has 23 heavy (non-hydrogen) atoms. The van der Waals surface area contributed by atoms with Gasteiger partial charge in [0.1, 0.15) is 11.6 Å². The topological polar surface area (TPSA) is 39.2 Å². The number of carbonyl (C=O) groups is 1. The second kappa shape index (κ2) is 7.77. The highest BCUT2D eigenvalue weighted by Gasteiger charge is 2.10. The van der Waals surface area contributed by atoms with Crippen LogP contribution < -0.4 is 0 Å². The molecule has 0 aliphatic carbocycles. The summed E-state index contributed by atoms with van der Waals surface area (Å²) >= 11 is 4.88. The molecule has 0 atom stereocenters. The van der Waals surface area contributed by atoms with Crippen molar-refractivity contribution in [2.24, 2.45) is 0 Å². The first-order valence-corrected chi connectivity index (χ1v) is 10.0. The van der Waals surface area contributed by atoms with Crippen molar-refractivity contribution in [2.45, 2.75) is 17.9 Å². The molecule has 0 bridgehead atoms. The lowest BCUT2D eigenvalue weighted by Gasteiger charge is -2.04. The Morgan fingerprint density at radius 2 is 2.04 bits per heavy atom. The molecule has 3 aromatic rings. The van der Waals surface area contributed by atoms with Gasteiger partial charge in [0.05, 0.1) is 12.1 Å². The monoisotopic (exact) mass is 361 g/mol. The third-order valence-corrected chi connectivity index (χ3v) is 5.57. The average molecular weight is 362 g/mol. The van der Waals surface area contributed by atoms with E-state index in [1.54, 1.807) is 34.4 Å². The van der Waals surface area contributed by atoms with E-state index in [1.807, 2.05) is 47.3 Å². The minimum absolute atomic E-state index is 0.212. The second-order valence-corrected chi connectivity index (χ2v) is 7.36. The molecule has 6 heteroatoms. The van der Waals surface area contributed by atoms with E-state index >= 15 is 0 Å². The van der Waals surface area contributed by atoms with Gasteiger partial charge >= 0.3 is 5.97 Å². The van der Waals surface area contributed by atoms with Gasteiger partial charge in [-0.25, -0.2) is 4.98 Å². The van der Waals surface area contributed by atoms with Crippen LogP contribution in [0.5, 0.6) is 0 Å². The zero-order chi connectivity index (χ0) is 16.1. The van der Waals surface area contributed by atoms with Gasteiger partial charge < -0.3 is 4.74 Å². The molecule has 0 amide bonds. The maximum Gasteiger partial charge on any atom is 0.312 e. The zero-order valence-corrected chi connectivity index (χ0v) is 15.0. The summed E-state index contributed by atoms with van der Waals surface area (Å²) in [5, 5.41) is 6.94. The van der Waals surface area contributed by atoms with Gasteiger partial charge in [0.15, 0.2) is 0 Å². The molecule has 0 saturated heterocycles. The largest absolute Gasteiger partial charge is 0.461 e. The summed E-state index contributed by atoms with van der Waals surface area (Å²) < 4.78 is 5.33. The van der Waals surface area contributed by atoms with E-state index in [4.69, 9.17) is 4.74 Å². The van der Waals surface area contributed by atoms with Crippen molar-refractivity contribution in [1.29, 1.82) is 0 Å². The van der Waals surface area contributed by atoms with Crippen molar-refractivity contribution >= 4 is 40.4 Å². The number of esters is 1. The lowest BCUT2D eigenvalue weighted by molar-refractivity contribution is -0.144. The molecule has 0 fully saturated rings. The number of nitrogens with zero attached hydrogens (tertiary/aromatic N) is 1. The number of thiophene rings is 1. The van der Waals surface area contributed by atoms with E-state index in [0.29, 0.717) is 6.61 Å². The van der Waals surface area contributed by atoms with E-state index in [-0.39, 0.29) is 12.4 Å². The molecule has 0 aliphatic heterocycles. The first-order valence-electron chi connectivity index (χ1n) is 7.00. The van der Waals surface area contributed by atoms with Crippen molar-refractivity contribution in [3.05, 3.63) is 57.7 Å². The Kier molecular flexibility index (Phi) is 5.48. The molecule has 0 radical (unpaired) electrons. The maximum absolute atomic E-state index is 11.9. The highest BCUT2D eigenvalue weighted by Crippen LogP contribution is 2.26. The average Bonchev–Trinajstić information content (AvgIpc) is 3.24. The third kappa shape index (κ3) is 4.43. The lowest BCUT2D eigenvalue weighted by Crippen LogP contribution is -2.08. The van der Waals surface area contributed by atoms with Crippen molar-refractivity contribution < 1.29 is 9.53 Å². The summed E-state index contributed by atoms with van der Waals surface area (Å²) in [5.74, 6) is -0.249. The highest BCUT2D eigenvalue weighted by atomic mass is 32.2. The van der Waals surface area contributed by atoms with Gasteiger partial charge in [-0.2, -0.15) is 11.3 Å². The highest BCUT2D eigenvalue weighted by molar-refractivity contribution is 7.98. The molecule has 0 saturated carbocycles. The summed E-state index contributed by atoms with van der Waals surface area (Å²) in [4.78, 5) is 17.6. The Morgan fingerprint density at radius 1 is 1.22 bits per heavy atom. The van der Waals surface area contributed by atoms with E-state index in [9.17, 15) is 4.79 Å². The fourth-order valence-electron chi connectivity index (χ4n) is 1.99. The van der Waals surface area contributed by atoms with Crippen LogP contribution in [0.4, 0.5) is 0 Å². The normalized spacial score (nSPS) is 10.7. The van der Waals surface area contributed by atoms with Crippen LogP contribution in [0.2, 0.25) is 0 Å². The van der Waals surface area contributed by atoms with Crippen LogP contribution in [0.3, 0.4) is 0 Å². The summed E-state index contributed by atoms with van der Waals surface area (Å²) in [6, 6.07) is 10.1. The summed E-state index contributed by atoms with van der Waals surface area (Å²) in [5.41, 5.74) is 2.86. The van der Waals surface area contributed by atoms with Gasteiger partial charge in [-0.1, -0.05) is 12.1 Å². The van der Waals surface area contributed by atoms with Crippen LogP contribution in [0, 0.1) is 0 Å².